The molecule has 0 bridgehead atoms. The summed E-state index contributed by atoms with van der Waals surface area (Å²) in [5.41, 5.74) is 2.97. The summed E-state index contributed by atoms with van der Waals surface area (Å²) in [6.07, 6.45) is 2.04. The number of rotatable bonds is 6. The molecule has 0 aliphatic carbocycles. The Morgan fingerprint density at radius 1 is 1.10 bits per heavy atom. The van der Waals surface area contributed by atoms with Gasteiger partial charge in [-0.05, 0) is 47.4 Å². The van der Waals surface area contributed by atoms with Crippen LogP contribution in [0.25, 0.3) is 11.4 Å². The van der Waals surface area contributed by atoms with Crippen LogP contribution in [-0.4, -0.2) is 56.7 Å². The molecule has 3 aromatic rings. The molecule has 2 aromatic heterocycles. The molecule has 3 heterocycles. The van der Waals surface area contributed by atoms with Gasteiger partial charge in [0.1, 0.15) is 11.6 Å². The second-order valence-corrected chi connectivity index (χ2v) is 8.04. The Hall–Kier alpha value is -2.94. The lowest BCUT2D eigenvalue weighted by molar-refractivity contribution is 0.247. The fourth-order valence-electron chi connectivity index (χ4n) is 3.85. The number of tetrazole rings is 1. The maximum atomic E-state index is 15.1. The summed E-state index contributed by atoms with van der Waals surface area (Å²) in [7, 11) is 0. The minimum Gasteiger partial charge on any atom is -0.368 e. The van der Waals surface area contributed by atoms with E-state index < -0.39 is 0 Å². The molecule has 9 heteroatoms. The van der Waals surface area contributed by atoms with Crippen molar-refractivity contribution in [2.45, 2.75) is 26.8 Å². The van der Waals surface area contributed by atoms with E-state index in [9.17, 15) is 4.39 Å². The van der Waals surface area contributed by atoms with Crippen molar-refractivity contribution in [3.63, 3.8) is 0 Å². The Bertz CT molecular complexity index is 966. The van der Waals surface area contributed by atoms with E-state index in [0.29, 0.717) is 18.0 Å². The number of nitrogens with one attached hydrogen (secondary N) is 1. The molecule has 1 fully saturated rings. The van der Waals surface area contributed by atoms with Crippen LogP contribution in [0.3, 0.4) is 0 Å². The summed E-state index contributed by atoms with van der Waals surface area (Å²) >= 11 is 0. The summed E-state index contributed by atoms with van der Waals surface area (Å²) < 4.78 is 28.2. The molecule has 0 atom stereocenters. The van der Waals surface area contributed by atoms with Gasteiger partial charge in [0.25, 0.3) is 0 Å². The lowest BCUT2D eigenvalue weighted by Gasteiger charge is -2.37. The van der Waals surface area contributed by atoms with Gasteiger partial charge in [0.05, 0.1) is 23.1 Å². The maximum Gasteiger partial charge on any atom is 0.209 e. The molecule has 0 spiro atoms. The Balaban J connectivity index is 1.54. The average molecular weight is 413 g/mol. The first-order valence-electron chi connectivity index (χ1n) is 10.1. The van der Waals surface area contributed by atoms with Crippen LogP contribution in [0.4, 0.5) is 14.5 Å². The van der Waals surface area contributed by atoms with Crippen molar-refractivity contribution in [2.24, 2.45) is 5.92 Å². The lowest BCUT2D eigenvalue weighted by atomic mass is 9.98. The zero-order valence-corrected chi connectivity index (χ0v) is 17.1. The predicted molar refractivity (Wildman–Crippen MR) is 110 cm³/mol. The third-order valence-electron chi connectivity index (χ3n) is 5.23. The maximum absolute atomic E-state index is 15.1. The van der Waals surface area contributed by atoms with Crippen LogP contribution < -0.4 is 4.90 Å². The molecule has 0 unspecified atom stereocenters. The van der Waals surface area contributed by atoms with E-state index in [1.54, 1.807) is 12.1 Å². The molecule has 1 aliphatic heterocycles. The van der Waals surface area contributed by atoms with Crippen molar-refractivity contribution in [2.75, 3.05) is 31.1 Å². The molecule has 1 saturated heterocycles. The van der Waals surface area contributed by atoms with E-state index in [-0.39, 0.29) is 17.5 Å². The van der Waals surface area contributed by atoms with E-state index in [4.69, 9.17) is 0 Å². The first kappa shape index (κ1) is 20.3. The Morgan fingerprint density at radius 3 is 2.53 bits per heavy atom. The predicted octanol–water partition coefficient (Wildman–Crippen LogP) is 3.06. The zero-order chi connectivity index (χ0) is 21.1. The van der Waals surface area contributed by atoms with Gasteiger partial charge in [-0.1, -0.05) is 13.8 Å². The van der Waals surface area contributed by atoms with E-state index in [1.165, 1.54) is 12.3 Å². The number of piperazine rings is 1. The normalized spacial score (nSPS) is 15.2. The molecular weight excluding hydrogens is 388 g/mol. The van der Waals surface area contributed by atoms with Crippen LogP contribution in [0.2, 0.25) is 0 Å². The molecule has 0 radical (unpaired) electrons. The molecule has 7 nitrogen and oxygen atoms in total. The molecule has 158 valence electrons. The van der Waals surface area contributed by atoms with Crippen molar-refractivity contribution in [3.05, 3.63) is 53.4 Å². The van der Waals surface area contributed by atoms with Crippen LogP contribution in [0.5, 0.6) is 0 Å². The number of benzene rings is 1. The zero-order valence-electron chi connectivity index (χ0n) is 17.1. The highest BCUT2D eigenvalue weighted by molar-refractivity contribution is 5.75. The van der Waals surface area contributed by atoms with E-state index in [2.05, 4.69) is 49.3 Å². The van der Waals surface area contributed by atoms with Crippen LogP contribution in [-0.2, 0) is 13.0 Å². The lowest BCUT2D eigenvalue weighted by Crippen LogP contribution is -2.46. The van der Waals surface area contributed by atoms with Crippen molar-refractivity contribution in [3.8, 4) is 11.4 Å². The highest BCUT2D eigenvalue weighted by Crippen LogP contribution is 2.34. The minimum atomic E-state index is -0.333. The van der Waals surface area contributed by atoms with Gasteiger partial charge in [-0.3, -0.25) is 9.88 Å². The number of hydrogen-bond acceptors (Lipinski definition) is 6. The average Bonchev–Trinajstić information content (AvgIpc) is 3.24. The summed E-state index contributed by atoms with van der Waals surface area (Å²) in [6.45, 7) is 7.95. The summed E-state index contributed by atoms with van der Waals surface area (Å²) in [4.78, 5) is 8.58. The molecule has 1 aromatic carbocycles. The van der Waals surface area contributed by atoms with E-state index in [0.717, 1.165) is 49.5 Å². The van der Waals surface area contributed by atoms with Crippen LogP contribution in [0.1, 0.15) is 25.1 Å². The number of aromatic amines is 1. The standard InChI is InChI=1S/C21H25F2N7/c1-14(2)9-15-10-18(23)20(21-25-27-28-26-21)19(11-15)30-7-5-29(6-8-30)13-17-4-3-16(22)12-24-17/h3-4,10-12,14H,5-9,13H2,1-2H3,(H,25,26,27,28). The molecular formula is C21H25F2N7. The van der Waals surface area contributed by atoms with Gasteiger partial charge in [0.15, 0.2) is 0 Å². The first-order valence-corrected chi connectivity index (χ1v) is 10.1. The van der Waals surface area contributed by atoms with Gasteiger partial charge < -0.3 is 4.90 Å². The van der Waals surface area contributed by atoms with Gasteiger partial charge in [-0.2, -0.15) is 5.21 Å². The van der Waals surface area contributed by atoms with Crippen LogP contribution >= 0.6 is 0 Å². The van der Waals surface area contributed by atoms with Crippen LogP contribution in [0.15, 0.2) is 30.5 Å². The summed E-state index contributed by atoms with van der Waals surface area (Å²) in [5, 5.41) is 14.0. The SMILES string of the molecule is CC(C)Cc1cc(F)c(-c2nn[nH]n2)c(N2CCN(Cc3ccc(F)cn3)CC2)c1. The van der Waals surface area contributed by atoms with Crippen LogP contribution in [0, 0.1) is 17.6 Å². The summed E-state index contributed by atoms with van der Waals surface area (Å²) in [5.74, 6) is 0.0215. The largest absolute Gasteiger partial charge is 0.368 e. The minimum absolute atomic E-state index is 0.261. The number of nitrogens with zero attached hydrogens (tertiary/aromatic N) is 6. The second kappa shape index (κ2) is 8.83. The fraction of sp³-hybridized carbons (Fsp3) is 0.429. The highest BCUT2D eigenvalue weighted by atomic mass is 19.1. The number of halogens is 2. The van der Waals surface area contributed by atoms with E-state index >= 15 is 4.39 Å². The molecule has 0 amide bonds. The number of hydrogen-bond donors (Lipinski definition) is 1. The Morgan fingerprint density at radius 2 is 1.90 bits per heavy atom. The molecule has 4 rings (SSSR count). The van der Waals surface area contributed by atoms with Gasteiger partial charge in [0, 0.05) is 32.7 Å². The number of anilines is 1. The van der Waals surface area contributed by atoms with Crippen molar-refractivity contribution < 1.29 is 8.78 Å². The number of H-pyrrole nitrogens is 1. The molecule has 30 heavy (non-hydrogen) atoms. The third kappa shape index (κ3) is 4.62. The van der Waals surface area contributed by atoms with Crippen molar-refractivity contribution >= 4 is 5.69 Å². The topological polar surface area (TPSA) is 73.8 Å². The summed E-state index contributed by atoms with van der Waals surface area (Å²) in [6, 6.07) is 6.76. The van der Waals surface area contributed by atoms with Gasteiger partial charge in [-0.25, -0.2) is 8.78 Å². The quantitative estimate of drug-likeness (QED) is 0.670. The fourth-order valence-corrected chi connectivity index (χ4v) is 3.85. The van der Waals surface area contributed by atoms with Crippen molar-refractivity contribution in [1.82, 2.24) is 30.5 Å². The van der Waals surface area contributed by atoms with Gasteiger partial charge in [-0.15, -0.1) is 10.2 Å². The molecule has 1 aliphatic rings. The van der Waals surface area contributed by atoms with Gasteiger partial charge in [0.2, 0.25) is 5.82 Å². The monoisotopic (exact) mass is 413 g/mol. The number of aromatic nitrogens is 5. The molecule has 1 N–H and O–H groups in total. The van der Waals surface area contributed by atoms with Gasteiger partial charge >= 0.3 is 0 Å². The Kier molecular flexibility index (Phi) is 5.98. The number of pyridine rings is 1. The highest BCUT2D eigenvalue weighted by Gasteiger charge is 2.24. The Labute approximate surface area is 174 Å². The molecule has 0 saturated carbocycles. The van der Waals surface area contributed by atoms with E-state index in [1.807, 2.05) is 6.07 Å². The first-order chi connectivity index (χ1) is 14.5. The second-order valence-electron chi connectivity index (χ2n) is 8.04. The van der Waals surface area contributed by atoms with Crippen molar-refractivity contribution in [1.29, 1.82) is 0 Å². The smallest absolute Gasteiger partial charge is 0.209 e. The third-order valence-corrected chi connectivity index (χ3v) is 5.23.